The molecular weight excluding hydrogens is 207 g/mol. The van der Waals surface area contributed by atoms with Gasteiger partial charge in [-0.1, -0.05) is 30.3 Å². The Morgan fingerprint density at radius 3 is 2.33 bits per heavy atom. The van der Waals surface area contributed by atoms with E-state index >= 15 is 0 Å². The van der Waals surface area contributed by atoms with Crippen LogP contribution in [0.5, 0.6) is 0 Å². The van der Waals surface area contributed by atoms with E-state index in [2.05, 4.69) is 5.32 Å². The van der Waals surface area contributed by atoms with Gasteiger partial charge in [0.05, 0.1) is 0 Å². The molecule has 1 aromatic rings. The Bertz CT molecular complexity index is 286. The quantitative estimate of drug-likeness (QED) is 0.807. The van der Waals surface area contributed by atoms with Crippen LogP contribution in [0.4, 0.5) is 13.2 Å². The molecule has 0 aromatic heterocycles. The van der Waals surface area contributed by atoms with Gasteiger partial charge in [0.2, 0.25) is 0 Å². The predicted molar refractivity (Wildman–Crippen MR) is 50.2 cm³/mol. The highest BCUT2D eigenvalue weighted by Crippen LogP contribution is 2.19. The van der Waals surface area contributed by atoms with E-state index in [1.165, 1.54) is 0 Å². The topological polar surface area (TPSA) is 32.3 Å². The van der Waals surface area contributed by atoms with E-state index < -0.39 is 18.8 Å². The maximum Gasteiger partial charge on any atom is 0.415 e. The Hall–Kier alpha value is -1.07. The molecular formula is C10H12F3NO. The Labute approximate surface area is 85.7 Å². The summed E-state index contributed by atoms with van der Waals surface area (Å²) in [5, 5.41) is 11.2. The fourth-order valence-corrected chi connectivity index (χ4v) is 1.06. The SMILES string of the molecule is O[C@@H](CNCc1ccccc1)C(F)(F)F. The van der Waals surface area contributed by atoms with E-state index in [0.717, 1.165) is 5.56 Å². The van der Waals surface area contributed by atoms with E-state index in [1.807, 2.05) is 6.07 Å². The molecule has 0 spiro atoms. The summed E-state index contributed by atoms with van der Waals surface area (Å²) in [5.41, 5.74) is 0.881. The van der Waals surface area contributed by atoms with Crippen LogP contribution in [0.25, 0.3) is 0 Å². The molecule has 0 amide bonds. The van der Waals surface area contributed by atoms with Gasteiger partial charge in [-0.3, -0.25) is 0 Å². The van der Waals surface area contributed by atoms with Crippen LogP contribution in [-0.4, -0.2) is 23.9 Å². The third-order valence-electron chi connectivity index (χ3n) is 1.89. The summed E-state index contributed by atoms with van der Waals surface area (Å²) in [6.45, 7) is -0.174. The summed E-state index contributed by atoms with van der Waals surface area (Å²) in [5.74, 6) is 0. The molecule has 0 unspecified atom stereocenters. The van der Waals surface area contributed by atoms with Crippen LogP contribution >= 0.6 is 0 Å². The number of halogens is 3. The molecule has 1 rings (SSSR count). The smallest absolute Gasteiger partial charge is 0.382 e. The van der Waals surface area contributed by atoms with Crippen LogP contribution in [-0.2, 0) is 6.54 Å². The van der Waals surface area contributed by atoms with Gasteiger partial charge in [0, 0.05) is 13.1 Å². The molecule has 0 aliphatic rings. The van der Waals surface area contributed by atoms with Gasteiger partial charge in [-0.05, 0) is 5.56 Å². The number of nitrogens with one attached hydrogen (secondary N) is 1. The molecule has 0 saturated carbocycles. The van der Waals surface area contributed by atoms with Crippen molar-refractivity contribution < 1.29 is 18.3 Å². The van der Waals surface area contributed by atoms with E-state index in [9.17, 15) is 13.2 Å². The second-order valence-electron chi connectivity index (χ2n) is 3.17. The standard InChI is InChI=1S/C10H12F3NO/c11-10(12,13)9(15)7-14-6-8-4-2-1-3-5-8/h1-5,9,14-15H,6-7H2/t9-/m0/s1. The first-order valence-corrected chi connectivity index (χ1v) is 4.49. The third kappa shape index (κ3) is 4.31. The largest absolute Gasteiger partial charge is 0.415 e. The van der Waals surface area contributed by atoms with Crippen molar-refractivity contribution in [1.82, 2.24) is 5.32 Å². The molecule has 2 N–H and O–H groups in total. The van der Waals surface area contributed by atoms with Crippen molar-refractivity contribution in [3.8, 4) is 0 Å². The van der Waals surface area contributed by atoms with Gasteiger partial charge in [-0.2, -0.15) is 13.2 Å². The summed E-state index contributed by atoms with van der Waals surface area (Å²) in [4.78, 5) is 0. The fourth-order valence-electron chi connectivity index (χ4n) is 1.06. The maximum absolute atomic E-state index is 11.9. The molecule has 0 saturated heterocycles. The van der Waals surface area contributed by atoms with Gasteiger partial charge in [0.25, 0.3) is 0 Å². The zero-order chi connectivity index (χ0) is 11.3. The number of aliphatic hydroxyl groups excluding tert-OH is 1. The molecule has 1 aromatic carbocycles. The van der Waals surface area contributed by atoms with Crippen molar-refractivity contribution in [2.45, 2.75) is 18.8 Å². The summed E-state index contributed by atoms with van der Waals surface area (Å²) < 4.78 is 35.7. The minimum Gasteiger partial charge on any atom is -0.382 e. The molecule has 0 radical (unpaired) electrons. The van der Waals surface area contributed by atoms with E-state index in [-0.39, 0.29) is 0 Å². The van der Waals surface area contributed by atoms with Crippen molar-refractivity contribution >= 4 is 0 Å². The first-order chi connectivity index (χ1) is 7.00. The van der Waals surface area contributed by atoms with Crippen LogP contribution in [0, 0.1) is 0 Å². The second-order valence-corrected chi connectivity index (χ2v) is 3.17. The lowest BCUT2D eigenvalue weighted by Gasteiger charge is -2.14. The van der Waals surface area contributed by atoms with Gasteiger partial charge in [-0.15, -0.1) is 0 Å². The van der Waals surface area contributed by atoms with Crippen molar-refractivity contribution in [2.75, 3.05) is 6.54 Å². The molecule has 5 heteroatoms. The van der Waals surface area contributed by atoms with Crippen LogP contribution in [0.2, 0.25) is 0 Å². The second kappa shape index (κ2) is 5.14. The highest BCUT2D eigenvalue weighted by molar-refractivity contribution is 5.14. The average Bonchev–Trinajstić information content (AvgIpc) is 2.18. The van der Waals surface area contributed by atoms with Crippen LogP contribution < -0.4 is 5.32 Å². The van der Waals surface area contributed by atoms with Crippen molar-refractivity contribution in [3.05, 3.63) is 35.9 Å². The Morgan fingerprint density at radius 2 is 1.80 bits per heavy atom. The fraction of sp³-hybridized carbons (Fsp3) is 0.400. The van der Waals surface area contributed by atoms with Crippen LogP contribution in [0.3, 0.4) is 0 Å². The monoisotopic (exact) mass is 219 g/mol. The van der Waals surface area contributed by atoms with E-state index in [4.69, 9.17) is 5.11 Å². The zero-order valence-corrected chi connectivity index (χ0v) is 7.96. The van der Waals surface area contributed by atoms with Gasteiger partial charge in [0.15, 0.2) is 6.10 Å². The molecule has 0 fully saturated rings. The number of aliphatic hydroxyl groups is 1. The summed E-state index contributed by atoms with van der Waals surface area (Å²) >= 11 is 0. The van der Waals surface area contributed by atoms with Crippen LogP contribution in [0.15, 0.2) is 30.3 Å². The first kappa shape index (κ1) is 12.0. The molecule has 1 atom stereocenters. The molecule has 2 nitrogen and oxygen atoms in total. The van der Waals surface area contributed by atoms with Crippen molar-refractivity contribution in [3.63, 3.8) is 0 Å². The molecule has 84 valence electrons. The minimum atomic E-state index is -4.55. The maximum atomic E-state index is 11.9. The highest BCUT2D eigenvalue weighted by Gasteiger charge is 2.37. The summed E-state index contributed by atoms with van der Waals surface area (Å²) in [7, 11) is 0. The number of hydrogen-bond acceptors (Lipinski definition) is 2. The van der Waals surface area contributed by atoms with Crippen molar-refractivity contribution in [1.29, 1.82) is 0 Å². The number of hydrogen-bond donors (Lipinski definition) is 2. The highest BCUT2D eigenvalue weighted by atomic mass is 19.4. The summed E-state index contributed by atoms with van der Waals surface area (Å²) in [6, 6.07) is 9.03. The molecule has 0 aliphatic carbocycles. The van der Waals surface area contributed by atoms with Crippen LogP contribution in [0.1, 0.15) is 5.56 Å². The number of benzene rings is 1. The van der Waals surface area contributed by atoms with E-state index in [1.54, 1.807) is 24.3 Å². The predicted octanol–water partition coefficient (Wildman–Crippen LogP) is 1.70. The first-order valence-electron chi connectivity index (χ1n) is 4.49. The lowest BCUT2D eigenvalue weighted by atomic mass is 10.2. The molecule has 0 heterocycles. The Morgan fingerprint density at radius 1 is 1.20 bits per heavy atom. The number of rotatable bonds is 4. The van der Waals surface area contributed by atoms with Gasteiger partial charge < -0.3 is 10.4 Å². The zero-order valence-electron chi connectivity index (χ0n) is 7.96. The molecule has 0 aliphatic heterocycles. The average molecular weight is 219 g/mol. The Balaban J connectivity index is 2.28. The molecule has 15 heavy (non-hydrogen) atoms. The summed E-state index contributed by atoms with van der Waals surface area (Å²) in [6.07, 6.45) is -6.86. The van der Waals surface area contributed by atoms with Gasteiger partial charge >= 0.3 is 6.18 Å². The van der Waals surface area contributed by atoms with Crippen molar-refractivity contribution in [2.24, 2.45) is 0 Å². The van der Waals surface area contributed by atoms with E-state index in [0.29, 0.717) is 6.54 Å². The van der Waals surface area contributed by atoms with Gasteiger partial charge in [0.1, 0.15) is 0 Å². The third-order valence-corrected chi connectivity index (χ3v) is 1.89. The lowest BCUT2D eigenvalue weighted by Crippen LogP contribution is -2.38. The molecule has 0 bridgehead atoms. The van der Waals surface area contributed by atoms with Gasteiger partial charge in [-0.25, -0.2) is 0 Å². The number of alkyl halides is 3. The normalized spacial score (nSPS) is 13.9. The Kier molecular flexibility index (Phi) is 4.11. The lowest BCUT2D eigenvalue weighted by molar-refractivity contribution is -0.201. The minimum absolute atomic E-state index is 0.313.